The van der Waals surface area contributed by atoms with E-state index in [9.17, 15) is 9.90 Å². The van der Waals surface area contributed by atoms with Crippen LogP contribution in [0.4, 0.5) is 0 Å². The van der Waals surface area contributed by atoms with Crippen molar-refractivity contribution in [2.75, 3.05) is 13.7 Å². The third-order valence-corrected chi connectivity index (χ3v) is 3.79. The Morgan fingerprint density at radius 3 is 2.73 bits per heavy atom. The first-order valence-electron chi connectivity index (χ1n) is 8.33. The van der Waals surface area contributed by atoms with Gasteiger partial charge < -0.3 is 14.6 Å². The van der Waals surface area contributed by atoms with Crippen molar-refractivity contribution in [3.05, 3.63) is 53.1 Å². The van der Waals surface area contributed by atoms with E-state index < -0.39 is 0 Å². The molecule has 0 unspecified atom stereocenters. The van der Waals surface area contributed by atoms with Crippen molar-refractivity contribution in [3.63, 3.8) is 0 Å². The summed E-state index contributed by atoms with van der Waals surface area (Å²) in [6, 6.07) is 11.0. The Morgan fingerprint density at radius 1 is 1.27 bits per heavy atom. The SMILES string of the molecule is COc1cccc(C=NNC(=O)COc2cc(C)ccc2C(C)C)c1O. The molecule has 0 bridgehead atoms. The van der Waals surface area contributed by atoms with Crippen LogP contribution in [0.15, 0.2) is 41.5 Å². The van der Waals surface area contributed by atoms with Gasteiger partial charge in [0.15, 0.2) is 18.1 Å². The molecule has 0 aliphatic heterocycles. The minimum absolute atomic E-state index is 0.0365. The fourth-order valence-electron chi connectivity index (χ4n) is 2.40. The number of rotatable bonds is 7. The molecule has 0 aromatic heterocycles. The first-order valence-corrected chi connectivity index (χ1v) is 8.33. The molecule has 0 heterocycles. The largest absolute Gasteiger partial charge is 0.504 e. The van der Waals surface area contributed by atoms with Gasteiger partial charge >= 0.3 is 0 Å². The molecule has 2 N–H and O–H groups in total. The van der Waals surface area contributed by atoms with Crippen LogP contribution in [-0.2, 0) is 4.79 Å². The van der Waals surface area contributed by atoms with E-state index >= 15 is 0 Å². The molecule has 0 saturated heterocycles. The van der Waals surface area contributed by atoms with Gasteiger partial charge in [-0.15, -0.1) is 0 Å². The molecule has 2 aromatic rings. The highest BCUT2D eigenvalue weighted by Gasteiger charge is 2.10. The topological polar surface area (TPSA) is 80.2 Å². The number of hydrogen-bond acceptors (Lipinski definition) is 5. The summed E-state index contributed by atoms with van der Waals surface area (Å²) in [6.45, 7) is 5.97. The number of nitrogens with one attached hydrogen (secondary N) is 1. The Balaban J connectivity index is 1.95. The smallest absolute Gasteiger partial charge is 0.277 e. The number of hydrogen-bond donors (Lipinski definition) is 2. The molecule has 0 atom stereocenters. The monoisotopic (exact) mass is 356 g/mol. The molecule has 0 fully saturated rings. The first-order chi connectivity index (χ1) is 12.4. The van der Waals surface area contributed by atoms with Gasteiger partial charge in [0.1, 0.15) is 5.75 Å². The zero-order valence-corrected chi connectivity index (χ0v) is 15.4. The average molecular weight is 356 g/mol. The van der Waals surface area contributed by atoms with E-state index in [1.54, 1.807) is 18.2 Å². The van der Waals surface area contributed by atoms with Crippen molar-refractivity contribution in [1.29, 1.82) is 0 Å². The van der Waals surface area contributed by atoms with Crippen molar-refractivity contribution in [2.45, 2.75) is 26.7 Å². The number of nitrogens with zero attached hydrogens (tertiary/aromatic N) is 1. The van der Waals surface area contributed by atoms with Crippen LogP contribution in [0.3, 0.4) is 0 Å². The molecule has 0 aliphatic rings. The maximum atomic E-state index is 11.9. The lowest BCUT2D eigenvalue weighted by Gasteiger charge is -2.14. The van der Waals surface area contributed by atoms with Crippen LogP contribution in [0, 0.1) is 6.92 Å². The van der Waals surface area contributed by atoms with Gasteiger partial charge in [-0.3, -0.25) is 4.79 Å². The van der Waals surface area contributed by atoms with Gasteiger partial charge in [-0.2, -0.15) is 5.10 Å². The van der Waals surface area contributed by atoms with Crippen LogP contribution in [-0.4, -0.2) is 30.9 Å². The van der Waals surface area contributed by atoms with Gasteiger partial charge in [-0.25, -0.2) is 5.43 Å². The summed E-state index contributed by atoms with van der Waals surface area (Å²) in [5.74, 6) is 0.905. The van der Waals surface area contributed by atoms with Crippen LogP contribution >= 0.6 is 0 Å². The van der Waals surface area contributed by atoms with Crippen LogP contribution < -0.4 is 14.9 Å². The van der Waals surface area contributed by atoms with Gasteiger partial charge in [0.2, 0.25) is 0 Å². The fourth-order valence-corrected chi connectivity index (χ4v) is 2.40. The number of phenols is 1. The highest BCUT2D eigenvalue weighted by molar-refractivity contribution is 5.86. The lowest BCUT2D eigenvalue weighted by molar-refractivity contribution is -0.123. The molecular weight excluding hydrogens is 332 g/mol. The summed E-state index contributed by atoms with van der Waals surface area (Å²) >= 11 is 0. The maximum absolute atomic E-state index is 11.9. The summed E-state index contributed by atoms with van der Waals surface area (Å²) in [5, 5.41) is 13.8. The third-order valence-electron chi connectivity index (χ3n) is 3.79. The van der Waals surface area contributed by atoms with E-state index in [2.05, 4.69) is 24.4 Å². The van der Waals surface area contributed by atoms with Crippen molar-refractivity contribution < 1.29 is 19.4 Å². The van der Waals surface area contributed by atoms with Crippen molar-refractivity contribution in [2.24, 2.45) is 5.10 Å². The molecule has 0 spiro atoms. The molecule has 2 aromatic carbocycles. The second-order valence-electron chi connectivity index (χ2n) is 6.18. The van der Waals surface area contributed by atoms with E-state index in [4.69, 9.17) is 9.47 Å². The zero-order chi connectivity index (χ0) is 19.1. The number of amides is 1. The number of methoxy groups -OCH3 is 1. The standard InChI is InChI=1S/C20H24N2O4/c1-13(2)16-9-8-14(3)10-18(16)26-12-19(23)22-21-11-15-6-5-7-17(25-4)20(15)24/h5-11,13,24H,12H2,1-4H3,(H,22,23). The molecule has 2 rings (SSSR count). The number of ether oxygens (including phenoxy) is 2. The fraction of sp³-hybridized carbons (Fsp3) is 0.300. The Morgan fingerprint density at radius 2 is 2.04 bits per heavy atom. The normalized spacial score (nSPS) is 11.0. The summed E-state index contributed by atoms with van der Waals surface area (Å²) in [6.07, 6.45) is 1.35. The minimum atomic E-state index is -0.389. The number of para-hydroxylation sites is 1. The highest BCUT2D eigenvalue weighted by Crippen LogP contribution is 2.28. The van der Waals surface area contributed by atoms with Gasteiger partial charge in [-0.1, -0.05) is 32.0 Å². The maximum Gasteiger partial charge on any atom is 0.277 e. The van der Waals surface area contributed by atoms with E-state index in [1.807, 2.05) is 25.1 Å². The molecule has 6 nitrogen and oxygen atoms in total. The number of carbonyl (C=O) groups excluding carboxylic acids is 1. The van der Waals surface area contributed by atoms with Gasteiger partial charge in [0.05, 0.1) is 13.3 Å². The molecule has 26 heavy (non-hydrogen) atoms. The second-order valence-corrected chi connectivity index (χ2v) is 6.18. The van der Waals surface area contributed by atoms with Gasteiger partial charge in [-0.05, 0) is 42.2 Å². The van der Waals surface area contributed by atoms with Crippen LogP contribution in [0.25, 0.3) is 0 Å². The molecule has 1 amide bonds. The summed E-state index contributed by atoms with van der Waals surface area (Å²) < 4.78 is 10.7. The predicted octanol–water partition coefficient (Wildman–Crippen LogP) is 3.36. The number of carbonyl (C=O) groups is 1. The van der Waals surface area contributed by atoms with Crippen molar-refractivity contribution >= 4 is 12.1 Å². The molecule has 0 aliphatic carbocycles. The molecule has 0 saturated carbocycles. The van der Waals surface area contributed by atoms with Crippen molar-refractivity contribution in [3.8, 4) is 17.2 Å². The Kier molecular flexibility index (Phi) is 6.60. The Bertz CT molecular complexity index is 800. The molecule has 138 valence electrons. The predicted molar refractivity (Wildman–Crippen MR) is 101 cm³/mol. The van der Waals surface area contributed by atoms with Crippen LogP contribution in [0.5, 0.6) is 17.2 Å². The van der Waals surface area contributed by atoms with E-state index in [0.29, 0.717) is 23.0 Å². The lowest BCUT2D eigenvalue weighted by Crippen LogP contribution is -2.25. The zero-order valence-electron chi connectivity index (χ0n) is 15.4. The van der Waals surface area contributed by atoms with Crippen LogP contribution in [0.1, 0.15) is 36.5 Å². The summed E-state index contributed by atoms with van der Waals surface area (Å²) in [7, 11) is 1.46. The highest BCUT2D eigenvalue weighted by atomic mass is 16.5. The van der Waals surface area contributed by atoms with Gasteiger partial charge in [0, 0.05) is 5.56 Å². The average Bonchev–Trinajstić information content (AvgIpc) is 2.61. The third kappa shape index (κ3) is 4.99. The first kappa shape index (κ1) is 19.3. The number of hydrazone groups is 1. The van der Waals surface area contributed by atoms with E-state index in [-0.39, 0.29) is 18.3 Å². The molecular formula is C20H24N2O4. The minimum Gasteiger partial charge on any atom is -0.504 e. The second kappa shape index (κ2) is 8.89. The molecule has 6 heteroatoms. The Hall–Kier alpha value is -3.02. The van der Waals surface area contributed by atoms with Crippen LogP contribution in [0.2, 0.25) is 0 Å². The Labute approximate surface area is 153 Å². The summed E-state index contributed by atoms with van der Waals surface area (Å²) in [4.78, 5) is 11.9. The van der Waals surface area contributed by atoms with Crippen molar-refractivity contribution in [1.82, 2.24) is 5.43 Å². The van der Waals surface area contributed by atoms with E-state index in [1.165, 1.54) is 13.3 Å². The number of phenolic OH excluding ortho intramolecular Hbond substituents is 1. The van der Waals surface area contributed by atoms with E-state index in [0.717, 1.165) is 11.1 Å². The molecule has 0 radical (unpaired) electrons. The van der Waals surface area contributed by atoms with Gasteiger partial charge in [0.25, 0.3) is 5.91 Å². The number of benzene rings is 2. The number of aryl methyl sites for hydroxylation is 1. The quantitative estimate of drug-likeness (QED) is 0.589. The lowest BCUT2D eigenvalue weighted by atomic mass is 10.0. The summed E-state index contributed by atoms with van der Waals surface area (Å²) in [5.41, 5.74) is 4.93. The number of aromatic hydroxyl groups is 1.